The molecule has 2 aliphatic rings. The van der Waals surface area contributed by atoms with Crippen molar-refractivity contribution in [3.05, 3.63) is 119 Å². The van der Waals surface area contributed by atoms with Crippen LogP contribution in [-0.2, 0) is 5.60 Å². The molecule has 4 aromatic carbocycles. The standard InChI is InChI=1S/C34H26O2/c1-5-7-12-24-19-30-28(18-22(24)3)27-15-10-11-16-29(27)34(30)21-23(4)32-26-14-9-8-13-25(26)20-31(33(32)36-34)35-17-6-2/h2,5,7-16,18-21H,1,17H2,3-4H3/b12-7-. The molecule has 0 saturated carbocycles. The van der Waals surface area contributed by atoms with Gasteiger partial charge in [0, 0.05) is 16.7 Å². The van der Waals surface area contributed by atoms with Gasteiger partial charge in [-0.1, -0.05) is 85.3 Å². The largest absolute Gasteiger partial charge is 0.477 e. The highest BCUT2D eigenvalue weighted by Crippen LogP contribution is 2.57. The van der Waals surface area contributed by atoms with E-state index in [1.54, 1.807) is 6.08 Å². The van der Waals surface area contributed by atoms with E-state index >= 15 is 0 Å². The smallest absolute Gasteiger partial charge is 0.179 e. The Morgan fingerprint density at radius 2 is 1.81 bits per heavy atom. The molecule has 1 unspecified atom stereocenters. The average Bonchev–Trinajstić information content (AvgIpc) is 3.13. The normalized spacial score (nSPS) is 17.2. The molecule has 1 spiro atoms. The van der Waals surface area contributed by atoms with Crippen LogP contribution in [0.3, 0.4) is 0 Å². The Kier molecular flexibility index (Phi) is 5.09. The molecular weight excluding hydrogens is 440 g/mol. The second-order valence-corrected chi connectivity index (χ2v) is 9.35. The first-order chi connectivity index (χ1) is 17.6. The second-order valence-electron chi connectivity index (χ2n) is 9.35. The number of fused-ring (bicyclic) bond motifs is 8. The number of rotatable bonds is 4. The van der Waals surface area contributed by atoms with Gasteiger partial charge in [-0.15, -0.1) is 6.42 Å². The first kappa shape index (κ1) is 22.0. The van der Waals surface area contributed by atoms with Crippen molar-refractivity contribution < 1.29 is 9.47 Å². The number of aryl methyl sites for hydroxylation is 1. The molecule has 174 valence electrons. The maximum absolute atomic E-state index is 7.13. The third kappa shape index (κ3) is 3.13. The van der Waals surface area contributed by atoms with Gasteiger partial charge < -0.3 is 9.47 Å². The molecule has 0 fully saturated rings. The average molecular weight is 467 g/mol. The Hall–Kier alpha value is -4.48. The van der Waals surface area contributed by atoms with E-state index in [1.165, 1.54) is 16.7 Å². The van der Waals surface area contributed by atoms with Gasteiger partial charge in [-0.25, -0.2) is 0 Å². The van der Waals surface area contributed by atoms with Crippen molar-refractivity contribution in [3.8, 4) is 35.0 Å². The molecular formula is C34H26O2. The lowest BCUT2D eigenvalue weighted by Crippen LogP contribution is -2.33. The molecule has 0 saturated heterocycles. The zero-order chi connectivity index (χ0) is 24.9. The van der Waals surface area contributed by atoms with Gasteiger partial charge in [-0.3, -0.25) is 0 Å². The molecule has 4 aromatic rings. The number of allylic oxidation sites excluding steroid dienone is 3. The first-order valence-electron chi connectivity index (χ1n) is 12.1. The third-order valence-electron chi connectivity index (χ3n) is 7.19. The van der Waals surface area contributed by atoms with Crippen LogP contribution in [0.5, 0.6) is 11.5 Å². The molecule has 0 amide bonds. The van der Waals surface area contributed by atoms with E-state index in [4.69, 9.17) is 15.9 Å². The molecule has 0 radical (unpaired) electrons. The van der Waals surface area contributed by atoms with Crippen LogP contribution in [-0.4, -0.2) is 6.61 Å². The number of hydrogen-bond acceptors (Lipinski definition) is 2. The number of terminal acetylenes is 1. The van der Waals surface area contributed by atoms with E-state index in [1.807, 2.05) is 18.2 Å². The second kappa shape index (κ2) is 8.33. The Bertz CT molecular complexity index is 1660. The minimum Gasteiger partial charge on any atom is -0.477 e. The molecule has 1 atom stereocenters. The van der Waals surface area contributed by atoms with Gasteiger partial charge in [0.15, 0.2) is 17.1 Å². The minimum absolute atomic E-state index is 0.173. The predicted molar refractivity (Wildman–Crippen MR) is 149 cm³/mol. The van der Waals surface area contributed by atoms with Gasteiger partial charge in [0.1, 0.15) is 6.61 Å². The molecule has 2 nitrogen and oxygen atoms in total. The monoisotopic (exact) mass is 466 g/mol. The van der Waals surface area contributed by atoms with Gasteiger partial charge in [0.05, 0.1) is 0 Å². The molecule has 1 aliphatic heterocycles. The van der Waals surface area contributed by atoms with E-state index in [0.29, 0.717) is 5.75 Å². The van der Waals surface area contributed by atoms with Crippen LogP contribution in [0.4, 0.5) is 0 Å². The summed E-state index contributed by atoms with van der Waals surface area (Å²) in [6.07, 6.45) is 13.7. The topological polar surface area (TPSA) is 18.5 Å². The van der Waals surface area contributed by atoms with Crippen molar-refractivity contribution in [2.45, 2.75) is 19.4 Å². The summed E-state index contributed by atoms with van der Waals surface area (Å²) >= 11 is 0. The Morgan fingerprint density at radius 3 is 2.64 bits per heavy atom. The summed E-state index contributed by atoms with van der Waals surface area (Å²) in [5.41, 5.74) is 8.41. The predicted octanol–water partition coefficient (Wildman–Crippen LogP) is 8.08. The summed E-state index contributed by atoms with van der Waals surface area (Å²) in [7, 11) is 0. The Balaban J connectivity index is 1.66. The highest BCUT2D eigenvalue weighted by Gasteiger charge is 2.47. The van der Waals surface area contributed by atoms with Crippen LogP contribution in [0.1, 0.15) is 34.7 Å². The van der Waals surface area contributed by atoms with Gasteiger partial charge >= 0.3 is 0 Å². The molecule has 1 heterocycles. The molecule has 6 rings (SSSR count). The van der Waals surface area contributed by atoms with Crippen molar-refractivity contribution in [3.63, 3.8) is 0 Å². The van der Waals surface area contributed by atoms with E-state index in [-0.39, 0.29) is 6.61 Å². The van der Waals surface area contributed by atoms with Crippen LogP contribution in [0.2, 0.25) is 0 Å². The lowest BCUT2D eigenvalue weighted by Gasteiger charge is -2.36. The fraction of sp³-hybridized carbons (Fsp3) is 0.118. The SMILES string of the molecule is C#CCOc1cc2ccccc2c2c1OC1(C=C2C)c2ccccc2-c2cc(C)c(/C=C\C=C)cc21. The van der Waals surface area contributed by atoms with Crippen LogP contribution in [0.25, 0.3) is 33.5 Å². The highest BCUT2D eigenvalue weighted by molar-refractivity contribution is 6.00. The van der Waals surface area contributed by atoms with Crippen LogP contribution < -0.4 is 9.47 Å². The molecule has 0 N–H and O–H groups in total. The van der Waals surface area contributed by atoms with Gasteiger partial charge in [-0.05, 0) is 70.7 Å². The quantitative estimate of drug-likeness (QED) is 0.224. The molecule has 36 heavy (non-hydrogen) atoms. The fourth-order valence-corrected chi connectivity index (χ4v) is 5.65. The van der Waals surface area contributed by atoms with Crippen molar-refractivity contribution in [1.82, 2.24) is 0 Å². The Morgan fingerprint density at radius 1 is 1.00 bits per heavy atom. The van der Waals surface area contributed by atoms with Gasteiger partial charge in [-0.2, -0.15) is 0 Å². The van der Waals surface area contributed by atoms with Crippen LogP contribution in [0.15, 0.2) is 91.5 Å². The van der Waals surface area contributed by atoms with E-state index in [9.17, 15) is 0 Å². The Labute approximate surface area is 212 Å². The van der Waals surface area contributed by atoms with Crippen molar-refractivity contribution in [2.75, 3.05) is 6.61 Å². The van der Waals surface area contributed by atoms with E-state index in [0.717, 1.165) is 44.3 Å². The molecule has 0 aromatic heterocycles. The number of benzene rings is 4. The van der Waals surface area contributed by atoms with Gasteiger partial charge in [0.2, 0.25) is 0 Å². The number of hydrogen-bond donors (Lipinski definition) is 0. The fourth-order valence-electron chi connectivity index (χ4n) is 5.65. The molecule has 1 aliphatic carbocycles. The highest BCUT2D eigenvalue weighted by atomic mass is 16.5. The summed E-state index contributed by atoms with van der Waals surface area (Å²) in [5.74, 6) is 4.00. The molecule has 0 bridgehead atoms. The van der Waals surface area contributed by atoms with Crippen LogP contribution >= 0.6 is 0 Å². The maximum Gasteiger partial charge on any atom is 0.179 e. The minimum atomic E-state index is -0.774. The van der Waals surface area contributed by atoms with Crippen molar-refractivity contribution in [1.29, 1.82) is 0 Å². The maximum atomic E-state index is 7.13. The van der Waals surface area contributed by atoms with Crippen LogP contribution in [0, 0.1) is 19.3 Å². The summed E-state index contributed by atoms with van der Waals surface area (Å²) in [6, 6.07) is 23.4. The zero-order valence-electron chi connectivity index (χ0n) is 20.5. The summed E-state index contributed by atoms with van der Waals surface area (Å²) in [5, 5.41) is 2.23. The number of ether oxygens (including phenoxy) is 2. The summed E-state index contributed by atoms with van der Waals surface area (Å²) in [6.45, 7) is 8.32. The zero-order valence-corrected chi connectivity index (χ0v) is 20.5. The molecule has 2 heteroatoms. The van der Waals surface area contributed by atoms with Crippen molar-refractivity contribution in [2.24, 2.45) is 0 Å². The van der Waals surface area contributed by atoms with Crippen molar-refractivity contribution >= 4 is 22.4 Å². The lowest BCUT2D eigenvalue weighted by molar-refractivity contribution is 0.157. The van der Waals surface area contributed by atoms with Gasteiger partial charge in [0.25, 0.3) is 0 Å². The van der Waals surface area contributed by atoms with E-state index in [2.05, 4.69) is 93.1 Å². The van der Waals surface area contributed by atoms with E-state index < -0.39 is 5.60 Å². The lowest BCUT2D eigenvalue weighted by atomic mass is 9.83. The summed E-state index contributed by atoms with van der Waals surface area (Å²) in [4.78, 5) is 0. The summed E-state index contributed by atoms with van der Waals surface area (Å²) < 4.78 is 13.2. The third-order valence-corrected chi connectivity index (χ3v) is 7.19. The first-order valence-corrected chi connectivity index (χ1v) is 12.1.